The fourth-order valence-corrected chi connectivity index (χ4v) is 12.9. The van der Waals surface area contributed by atoms with Crippen LogP contribution < -0.4 is 4.74 Å². The van der Waals surface area contributed by atoms with Gasteiger partial charge in [0.15, 0.2) is 22.1 Å². The van der Waals surface area contributed by atoms with Crippen molar-refractivity contribution < 1.29 is 27.5 Å². The summed E-state index contributed by atoms with van der Waals surface area (Å²) in [5.74, 6) is 2.87. The molecule has 2 aliphatic carbocycles. The number of pyridine rings is 2. The molecule has 15 heteroatoms. The molecule has 2 saturated carbocycles. The van der Waals surface area contributed by atoms with Crippen molar-refractivity contribution in [3.8, 4) is 5.19 Å². The van der Waals surface area contributed by atoms with Crippen LogP contribution in [0.25, 0.3) is 21.8 Å². The molecule has 2 aliphatic heterocycles. The minimum absolute atomic E-state index is 0.115. The molecule has 6 aromatic rings. The molecule has 0 saturated heterocycles. The predicted molar refractivity (Wildman–Crippen MR) is 265 cm³/mol. The molecule has 9 nitrogen and oxygen atoms in total. The molecule has 6 heterocycles. The van der Waals surface area contributed by atoms with E-state index in [-0.39, 0.29) is 16.8 Å². The third-order valence-corrected chi connectivity index (χ3v) is 17.1. The Morgan fingerprint density at radius 1 is 0.676 bits per heavy atom. The van der Waals surface area contributed by atoms with Gasteiger partial charge in [-0.1, -0.05) is 85.0 Å². The third-order valence-electron chi connectivity index (χ3n) is 14.8. The fourth-order valence-electron chi connectivity index (χ4n) is 10.7. The van der Waals surface area contributed by atoms with Gasteiger partial charge in [0.05, 0.1) is 22.4 Å². The standard InChI is InChI=1S/C28H32F3N3O2S.C25H28ClN3OS/c1-18(28(29,30)31)36-27-33-24-17-34(15-12-26(24)37-27)14-11-19-7-9-20(10-8-19)16-25(35)22-4-2-6-23-21(22)5-3-13-32-23;26-25-28-22-16-29(14-11-24(22)31-25)13-10-17-6-8-18(9-7-17)15-23(30)20-3-1-5-21-19(20)4-2-12-27-21/h2-6,13,18-20H,7-12,14-17H2,1H3;1-5,12,17-18H,6-11,13-16H2. The number of ketones is 2. The minimum Gasteiger partial charge on any atom is -0.457 e. The number of rotatable bonds is 14. The molecule has 0 radical (unpaired) electrons. The van der Waals surface area contributed by atoms with Crippen molar-refractivity contribution in [2.24, 2.45) is 23.7 Å². The maximum atomic E-state index is 13.0. The Hall–Kier alpha value is -4.34. The van der Waals surface area contributed by atoms with Crippen molar-refractivity contribution >= 4 is 67.6 Å². The molecule has 4 aromatic heterocycles. The van der Waals surface area contributed by atoms with E-state index in [1.165, 1.54) is 54.0 Å². The number of fused-ring (bicyclic) bond motifs is 4. The van der Waals surface area contributed by atoms with Crippen molar-refractivity contribution in [1.82, 2.24) is 29.7 Å². The van der Waals surface area contributed by atoms with E-state index in [0.717, 1.165) is 134 Å². The Balaban J connectivity index is 0.000000172. The molecule has 2 fully saturated rings. The first-order valence-corrected chi connectivity index (χ1v) is 26.5. The summed E-state index contributed by atoms with van der Waals surface area (Å²) < 4.78 is 44.1. The molecule has 4 aliphatic rings. The van der Waals surface area contributed by atoms with E-state index in [1.807, 2.05) is 60.7 Å². The number of thiazole rings is 2. The summed E-state index contributed by atoms with van der Waals surface area (Å²) in [7, 11) is 0. The zero-order valence-electron chi connectivity index (χ0n) is 38.7. The van der Waals surface area contributed by atoms with E-state index in [2.05, 4.69) is 29.7 Å². The highest BCUT2D eigenvalue weighted by Gasteiger charge is 2.39. The summed E-state index contributed by atoms with van der Waals surface area (Å²) in [5.41, 5.74) is 5.42. The second-order valence-electron chi connectivity index (χ2n) is 19.4. The lowest BCUT2D eigenvalue weighted by atomic mass is 9.78. The summed E-state index contributed by atoms with van der Waals surface area (Å²) >= 11 is 8.96. The number of carbonyl (C=O) groups is 2. The Kier molecular flexibility index (Phi) is 15.9. The number of nitrogens with zero attached hydrogens (tertiary/aromatic N) is 6. The second-order valence-corrected chi connectivity index (χ2v) is 22.1. The molecule has 2 aromatic carbocycles. The van der Waals surface area contributed by atoms with Crippen molar-refractivity contribution in [2.45, 2.75) is 122 Å². The number of alkyl halides is 3. The quantitative estimate of drug-likeness (QED) is 0.0988. The highest BCUT2D eigenvalue weighted by Crippen LogP contribution is 2.38. The molecule has 0 bridgehead atoms. The second kappa shape index (κ2) is 22.2. The fraction of sp³-hybridized carbons (Fsp3) is 0.509. The zero-order chi connectivity index (χ0) is 47.2. The summed E-state index contributed by atoms with van der Waals surface area (Å²) in [4.78, 5) is 50.9. The predicted octanol–water partition coefficient (Wildman–Crippen LogP) is 13.0. The number of carbonyl (C=O) groups excluding carboxylic acids is 2. The van der Waals surface area contributed by atoms with Crippen LogP contribution in [0.15, 0.2) is 73.1 Å². The number of hydrogen-bond acceptors (Lipinski definition) is 11. The van der Waals surface area contributed by atoms with Gasteiger partial charge < -0.3 is 4.74 Å². The first kappa shape index (κ1) is 48.7. The maximum Gasteiger partial charge on any atom is 0.425 e. The average molecular weight is 986 g/mol. The molecule has 1 unspecified atom stereocenters. The molecule has 0 amide bonds. The van der Waals surface area contributed by atoms with Crippen molar-refractivity contribution in [3.63, 3.8) is 0 Å². The van der Waals surface area contributed by atoms with Crippen molar-refractivity contribution in [1.29, 1.82) is 0 Å². The van der Waals surface area contributed by atoms with E-state index in [4.69, 9.17) is 16.3 Å². The molecule has 10 rings (SSSR count). The van der Waals surface area contributed by atoms with Crippen LogP contribution in [0.5, 0.6) is 5.19 Å². The van der Waals surface area contributed by atoms with Gasteiger partial charge in [0.25, 0.3) is 5.19 Å². The number of Topliss-reactive ketones (excluding diaryl/α,β-unsaturated/α-hetero) is 2. The van der Waals surface area contributed by atoms with Crippen LogP contribution in [0, 0.1) is 23.7 Å². The number of benzene rings is 2. The number of halogens is 4. The number of hydrogen-bond donors (Lipinski definition) is 0. The first-order valence-electron chi connectivity index (χ1n) is 24.5. The molecule has 1 atom stereocenters. The molecular formula is C53H60ClF3N6O3S2. The van der Waals surface area contributed by atoms with Gasteiger partial charge >= 0.3 is 6.18 Å². The molecule has 0 spiro atoms. The summed E-state index contributed by atoms with van der Waals surface area (Å²) in [5, 5.41) is 2.03. The van der Waals surface area contributed by atoms with E-state index >= 15 is 0 Å². The lowest BCUT2D eigenvalue weighted by Crippen LogP contribution is -2.32. The monoisotopic (exact) mass is 984 g/mol. The van der Waals surface area contributed by atoms with Crippen LogP contribution in [-0.4, -0.2) is 79.8 Å². The average Bonchev–Trinajstić information content (AvgIpc) is 3.94. The largest absolute Gasteiger partial charge is 0.457 e. The summed E-state index contributed by atoms with van der Waals surface area (Å²) in [6.45, 7) is 6.75. The lowest BCUT2D eigenvalue weighted by molar-refractivity contribution is -0.189. The van der Waals surface area contributed by atoms with Crippen LogP contribution in [0.4, 0.5) is 13.2 Å². The minimum atomic E-state index is -4.39. The van der Waals surface area contributed by atoms with Gasteiger partial charge in [0.1, 0.15) is 0 Å². The van der Waals surface area contributed by atoms with Gasteiger partial charge in [-0.25, -0.2) is 9.97 Å². The van der Waals surface area contributed by atoms with E-state index in [0.29, 0.717) is 41.6 Å². The molecular weight excluding hydrogens is 925 g/mol. The smallest absolute Gasteiger partial charge is 0.425 e. The van der Waals surface area contributed by atoms with Crippen LogP contribution in [-0.2, 0) is 25.9 Å². The van der Waals surface area contributed by atoms with Crippen LogP contribution >= 0.6 is 34.3 Å². The lowest BCUT2D eigenvalue weighted by Gasteiger charge is -2.31. The van der Waals surface area contributed by atoms with Gasteiger partial charge in [-0.3, -0.25) is 29.4 Å². The first-order chi connectivity index (χ1) is 32.9. The van der Waals surface area contributed by atoms with Gasteiger partial charge in [0.2, 0.25) is 0 Å². The third kappa shape index (κ3) is 12.3. The van der Waals surface area contributed by atoms with Crippen molar-refractivity contribution in [3.05, 3.63) is 110 Å². The van der Waals surface area contributed by atoms with E-state index in [1.54, 1.807) is 23.7 Å². The highest BCUT2D eigenvalue weighted by atomic mass is 35.5. The van der Waals surface area contributed by atoms with E-state index < -0.39 is 12.3 Å². The molecule has 360 valence electrons. The zero-order valence-corrected chi connectivity index (χ0v) is 41.1. The van der Waals surface area contributed by atoms with Gasteiger partial charge in [0, 0.05) is 83.1 Å². The summed E-state index contributed by atoms with van der Waals surface area (Å²) in [6, 6.07) is 19.4. The molecule has 0 N–H and O–H groups in total. The van der Waals surface area contributed by atoms with Gasteiger partial charge in [-0.2, -0.15) is 13.2 Å². The maximum absolute atomic E-state index is 13.0. The van der Waals surface area contributed by atoms with Gasteiger partial charge in [-0.15, -0.1) is 11.3 Å². The van der Waals surface area contributed by atoms with Crippen molar-refractivity contribution in [2.75, 3.05) is 26.2 Å². The molecule has 68 heavy (non-hydrogen) atoms. The number of aromatic nitrogens is 4. The summed E-state index contributed by atoms with van der Waals surface area (Å²) in [6.07, 6.45) is 12.1. The van der Waals surface area contributed by atoms with Crippen LogP contribution in [0.2, 0.25) is 4.47 Å². The highest BCUT2D eigenvalue weighted by molar-refractivity contribution is 7.15. The van der Waals surface area contributed by atoms with Crippen LogP contribution in [0.3, 0.4) is 0 Å². The normalized spacial score (nSPS) is 21.7. The Morgan fingerprint density at radius 2 is 1.15 bits per heavy atom. The number of ether oxygens (including phenoxy) is 1. The van der Waals surface area contributed by atoms with E-state index in [9.17, 15) is 22.8 Å². The SMILES string of the molecule is CC(Oc1nc2c(s1)CCN(CCC1CCC(CC(=O)c3cccc4ncccc34)CC1)C2)C(F)(F)F.O=C(CC1CCC(CCN2CCc3sc(Cl)nc3C2)CC1)c1cccc2ncccc12. The topological polar surface area (TPSA) is 101 Å². The Labute approximate surface area is 409 Å². The Morgan fingerprint density at radius 3 is 1.65 bits per heavy atom. The van der Waals surface area contributed by atoms with Crippen LogP contribution in [0.1, 0.15) is 126 Å². The Bertz CT molecular complexity index is 2670. The van der Waals surface area contributed by atoms with Gasteiger partial charge in [-0.05, 0) is 119 Å².